The quantitative estimate of drug-likeness (QED) is 0.899. The first-order valence-corrected chi connectivity index (χ1v) is 8.42. The van der Waals surface area contributed by atoms with Gasteiger partial charge >= 0.3 is 0 Å². The van der Waals surface area contributed by atoms with E-state index in [-0.39, 0.29) is 0 Å². The monoisotopic (exact) mass is 288 g/mol. The average Bonchev–Trinajstić information content (AvgIpc) is 3.32. The standard InChI is InChI=1S/C18H28N2O/c1-4-21-16-7-5-6-15(10-16)20-12-17(14-8-9-14)19-11-18(20)13(2)3/h5-7,10,13-14,17-19H,4,8-9,11-12H2,1-3H3. The summed E-state index contributed by atoms with van der Waals surface area (Å²) in [6.45, 7) is 9.63. The van der Waals surface area contributed by atoms with E-state index in [1.54, 1.807) is 0 Å². The van der Waals surface area contributed by atoms with Crippen LogP contribution in [0.4, 0.5) is 5.69 Å². The number of nitrogens with zero attached hydrogens (tertiary/aromatic N) is 1. The van der Waals surface area contributed by atoms with Gasteiger partial charge in [-0.3, -0.25) is 0 Å². The summed E-state index contributed by atoms with van der Waals surface area (Å²) in [6.07, 6.45) is 2.80. The van der Waals surface area contributed by atoms with E-state index in [9.17, 15) is 0 Å². The van der Waals surface area contributed by atoms with Gasteiger partial charge in [-0.25, -0.2) is 0 Å². The molecule has 0 spiro atoms. The van der Waals surface area contributed by atoms with Crippen LogP contribution < -0.4 is 15.0 Å². The summed E-state index contributed by atoms with van der Waals surface area (Å²) < 4.78 is 5.68. The Morgan fingerprint density at radius 1 is 1.33 bits per heavy atom. The van der Waals surface area contributed by atoms with Crippen LogP contribution in [0.25, 0.3) is 0 Å². The SMILES string of the molecule is CCOc1cccc(N2CC(C3CC3)NCC2C(C)C)c1. The molecule has 1 aromatic rings. The van der Waals surface area contributed by atoms with Crippen LogP contribution in [0, 0.1) is 11.8 Å². The van der Waals surface area contributed by atoms with Crippen LogP contribution in [0.1, 0.15) is 33.6 Å². The highest BCUT2D eigenvalue weighted by Gasteiger charge is 2.38. The van der Waals surface area contributed by atoms with Crippen molar-refractivity contribution in [2.45, 2.75) is 45.7 Å². The summed E-state index contributed by atoms with van der Waals surface area (Å²) in [5.41, 5.74) is 1.31. The van der Waals surface area contributed by atoms with Crippen molar-refractivity contribution in [1.82, 2.24) is 5.32 Å². The first-order valence-electron chi connectivity index (χ1n) is 8.42. The van der Waals surface area contributed by atoms with E-state index < -0.39 is 0 Å². The lowest BCUT2D eigenvalue weighted by Gasteiger charge is -2.44. The van der Waals surface area contributed by atoms with Gasteiger partial charge in [0, 0.05) is 36.9 Å². The fraction of sp³-hybridized carbons (Fsp3) is 0.667. The molecule has 21 heavy (non-hydrogen) atoms. The molecule has 2 aliphatic rings. The van der Waals surface area contributed by atoms with Crippen molar-refractivity contribution < 1.29 is 4.74 Å². The minimum absolute atomic E-state index is 0.567. The number of anilines is 1. The van der Waals surface area contributed by atoms with E-state index in [2.05, 4.69) is 48.3 Å². The minimum atomic E-state index is 0.567. The van der Waals surface area contributed by atoms with Gasteiger partial charge in [-0.05, 0) is 43.7 Å². The topological polar surface area (TPSA) is 24.5 Å². The van der Waals surface area contributed by atoms with Gasteiger partial charge in [0.1, 0.15) is 5.75 Å². The van der Waals surface area contributed by atoms with E-state index >= 15 is 0 Å². The maximum Gasteiger partial charge on any atom is 0.121 e. The van der Waals surface area contributed by atoms with Crippen molar-refractivity contribution >= 4 is 5.69 Å². The van der Waals surface area contributed by atoms with E-state index in [1.165, 1.54) is 18.5 Å². The molecule has 0 aromatic heterocycles. The summed E-state index contributed by atoms with van der Waals surface area (Å²) in [5.74, 6) is 2.53. The molecule has 1 heterocycles. The lowest BCUT2D eigenvalue weighted by atomic mass is 9.96. The molecule has 0 bridgehead atoms. The number of rotatable bonds is 5. The highest BCUT2D eigenvalue weighted by Crippen LogP contribution is 2.36. The molecule has 0 radical (unpaired) electrons. The van der Waals surface area contributed by atoms with E-state index in [0.717, 1.165) is 31.4 Å². The normalized spacial score (nSPS) is 26.2. The largest absolute Gasteiger partial charge is 0.494 e. The van der Waals surface area contributed by atoms with Crippen LogP contribution in [0.3, 0.4) is 0 Å². The van der Waals surface area contributed by atoms with E-state index in [1.807, 2.05) is 6.92 Å². The maximum absolute atomic E-state index is 5.68. The third kappa shape index (κ3) is 3.34. The first-order chi connectivity index (χ1) is 10.2. The van der Waals surface area contributed by atoms with Gasteiger partial charge in [0.05, 0.1) is 6.61 Å². The van der Waals surface area contributed by atoms with Gasteiger partial charge in [-0.1, -0.05) is 19.9 Å². The van der Waals surface area contributed by atoms with Crippen molar-refractivity contribution in [2.24, 2.45) is 11.8 Å². The van der Waals surface area contributed by atoms with Gasteiger partial charge in [-0.15, -0.1) is 0 Å². The lowest BCUT2D eigenvalue weighted by molar-refractivity contribution is 0.318. The summed E-state index contributed by atoms with van der Waals surface area (Å²) in [5, 5.41) is 3.78. The Morgan fingerprint density at radius 3 is 2.81 bits per heavy atom. The van der Waals surface area contributed by atoms with Gasteiger partial charge in [0.15, 0.2) is 0 Å². The smallest absolute Gasteiger partial charge is 0.121 e. The maximum atomic E-state index is 5.68. The number of ether oxygens (including phenoxy) is 1. The fourth-order valence-corrected chi connectivity index (χ4v) is 3.42. The van der Waals surface area contributed by atoms with Crippen LogP contribution in [0.5, 0.6) is 5.75 Å². The molecule has 1 saturated heterocycles. The summed E-state index contributed by atoms with van der Waals surface area (Å²) in [6, 6.07) is 9.83. The summed E-state index contributed by atoms with van der Waals surface area (Å²) in [7, 11) is 0. The van der Waals surface area contributed by atoms with Gasteiger partial charge in [0.25, 0.3) is 0 Å². The van der Waals surface area contributed by atoms with Crippen molar-refractivity contribution in [3.63, 3.8) is 0 Å². The fourth-order valence-electron chi connectivity index (χ4n) is 3.42. The molecule has 2 fully saturated rings. The molecule has 1 aliphatic carbocycles. The van der Waals surface area contributed by atoms with Crippen molar-refractivity contribution in [2.75, 3.05) is 24.6 Å². The predicted octanol–water partition coefficient (Wildman–Crippen LogP) is 3.30. The molecule has 2 unspecified atom stereocenters. The zero-order chi connectivity index (χ0) is 14.8. The minimum Gasteiger partial charge on any atom is -0.494 e. The molecule has 3 heteroatoms. The second-order valence-corrected chi connectivity index (χ2v) is 6.75. The third-order valence-corrected chi connectivity index (χ3v) is 4.80. The van der Waals surface area contributed by atoms with Gasteiger partial charge in [-0.2, -0.15) is 0 Å². The van der Waals surface area contributed by atoms with Crippen molar-refractivity contribution in [3.8, 4) is 5.75 Å². The highest BCUT2D eigenvalue weighted by atomic mass is 16.5. The number of hydrogen-bond donors (Lipinski definition) is 1. The van der Waals surface area contributed by atoms with Gasteiger partial charge < -0.3 is 15.0 Å². The molecule has 3 nitrogen and oxygen atoms in total. The Bertz CT molecular complexity index is 470. The van der Waals surface area contributed by atoms with Crippen LogP contribution >= 0.6 is 0 Å². The van der Waals surface area contributed by atoms with Crippen molar-refractivity contribution in [3.05, 3.63) is 24.3 Å². The Kier molecular flexibility index (Phi) is 4.39. The Labute approximate surface area is 128 Å². The molecular formula is C18H28N2O. The van der Waals surface area contributed by atoms with Crippen LogP contribution in [-0.2, 0) is 0 Å². The molecule has 1 aliphatic heterocycles. The first kappa shape index (κ1) is 14.7. The summed E-state index contributed by atoms with van der Waals surface area (Å²) >= 11 is 0. The number of hydrogen-bond acceptors (Lipinski definition) is 3. The second kappa shape index (κ2) is 6.27. The van der Waals surface area contributed by atoms with Crippen LogP contribution in [-0.4, -0.2) is 31.8 Å². The van der Waals surface area contributed by atoms with Crippen LogP contribution in [0.2, 0.25) is 0 Å². The molecule has 2 atom stereocenters. The molecule has 3 rings (SSSR count). The highest BCUT2D eigenvalue weighted by molar-refractivity contribution is 5.52. The van der Waals surface area contributed by atoms with Crippen molar-refractivity contribution in [1.29, 1.82) is 0 Å². The Morgan fingerprint density at radius 2 is 2.14 bits per heavy atom. The molecule has 116 valence electrons. The average molecular weight is 288 g/mol. The lowest BCUT2D eigenvalue weighted by Crippen LogP contribution is -2.59. The Balaban J connectivity index is 1.81. The number of benzene rings is 1. The third-order valence-electron chi connectivity index (χ3n) is 4.80. The zero-order valence-electron chi connectivity index (χ0n) is 13.5. The number of piperazine rings is 1. The molecular weight excluding hydrogens is 260 g/mol. The predicted molar refractivity (Wildman–Crippen MR) is 88.1 cm³/mol. The summed E-state index contributed by atoms with van der Waals surface area (Å²) in [4.78, 5) is 2.60. The molecule has 1 N–H and O–H groups in total. The van der Waals surface area contributed by atoms with E-state index in [4.69, 9.17) is 4.74 Å². The van der Waals surface area contributed by atoms with Gasteiger partial charge in [0.2, 0.25) is 0 Å². The Hall–Kier alpha value is -1.22. The number of nitrogens with one attached hydrogen (secondary N) is 1. The molecule has 1 saturated carbocycles. The second-order valence-electron chi connectivity index (χ2n) is 6.75. The molecule has 1 aromatic carbocycles. The zero-order valence-corrected chi connectivity index (χ0v) is 13.5. The van der Waals surface area contributed by atoms with Crippen LogP contribution in [0.15, 0.2) is 24.3 Å². The molecule has 0 amide bonds. The van der Waals surface area contributed by atoms with E-state index in [0.29, 0.717) is 18.0 Å².